The summed E-state index contributed by atoms with van der Waals surface area (Å²) in [6.07, 6.45) is 4.85. The molecule has 3 heteroatoms. The second kappa shape index (κ2) is 7.66. The van der Waals surface area contributed by atoms with Crippen LogP contribution in [0.15, 0.2) is 42.5 Å². The summed E-state index contributed by atoms with van der Waals surface area (Å²) in [5.41, 5.74) is 9.06. The van der Waals surface area contributed by atoms with Crippen LogP contribution < -0.4 is 15.2 Å². The Morgan fingerprint density at radius 3 is 2.09 bits per heavy atom. The van der Waals surface area contributed by atoms with Gasteiger partial charge in [-0.3, -0.25) is 0 Å². The van der Waals surface area contributed by atoms with Crippen LogP contribution in [0.1, 0.15) is 23.6 Å². The van der Waals surface area contributed by atoms with Crippen molar-refractivity contribution in [2.75, 3.05) is 14.2 Å². The van der Waals surface area contributed by atoms with Crippen molar-refractivity contribution in [3.05, 3.63) is 59.2 Å². The third kappa shape index (κ3) is 4.12. The summed E-state index contributed by atoms with van der Waals surface area (Å²) in [4.78, 5) is 0. The van der Waals surface area contributed by atoms with E-state index in [0.717, 1.165) is 34.6 Å². The van der Waals surface area contributed by atoms with Crippen molar-refractivity contribution < 1.29 is 9.47 Å². The summed E-state index contributed by atoms with van der Waals surface area (Å²) in [6.45, 7) is 1.99. The van der Waals surface area contributed by atoms with Gasteiger partial charge in [-0.25, -0.2) is 0 Å². The van der Waals surface area contributed by atoms with Crippen molar-refractivity contribution in [1.29, 1.82) is 0 Å². The predicted octanol–water partition coefficient (Wildman–Crippen LogP) is 3.76. The molecule has 0 heterocycles. The number of rotatable bonds is 6. The SMILES string of the molecule is COc1cc(CC(C)N)cc(OC)c1/C=C/c1ccccc1. The maximum atomic E-state index is 5.88. The van der Waals surface area contributed by atoms with E-state index >= 15 is 0 Å². The molecule has 0 radical (unpaired) electrons. The van der Waals surface area contributed by atoms with Gasteiger partial charge in [-0.05, 0) is 42.7 Å². The zero-order chi connectivity index (χ0) is 15.9. The van der Waals surface area contributed by atoms with Crippen LogP contribution in [0.4, 0.5) is 0 Å². The van der Waals surface area contributed by atoms with Crippen molar-refractivity contribution in [2.24, 2.45) is 5.73 Å². The quantitative estimate of drug-likeness (QED) is 0.826. The highest BCUT2D eigenvalue weighted by Gasteiger charge is 2.11. The minimum Gasteiger partial charge on any atom is -0.496 e. The number of benzene rings is 2. The van der Waals surface area contributed by atoms with Gasteiger partial charge in [0, 0.05) is 6.04 Å². The Bertz CT molecular complexity index is 608. The first kappa shape index (κ1) is 16.1. The Hall–Kier alpha value is -2.26. The molecule has 0 saturated carbocycles. The van der Waals surface area contributed by atoms with Gasteiger partial charge in [-0.2, -0.15) is 0 Å². The van der Waals surface area contributed by atoms with Crippen molar-refractivity contribution in [3.63, 3.8) is 0 Å². The topological polar surface area (TPSA) is 44.5 Å². The molecule has 22 heavy (non-hydrogen) atoms. The van der Waals surface area contributed by atoms with Gasteiger partial charge in [0.15, 0.2) is 0 Å². The van der Waals surface area contributed by atoms with Crippen molar-refractivity contribution in [1.82, 2.24) is 0 Å². The Kier molecular flexibility index (Phi) is 5.61. The maximum absolute atomic E-state index is 5.88. The van der Waals surface area contributed by atoms with Crippen molar-refractivity contribution >= 4 is 12.2 Å². The smallest absolute Gasteiger partial charge is 0.130 e. The first-order valence-corrected chi connectivity index (χ1v) is 7.37. The van der Waals surface area contributed by atoms with E-state index in [9.17, 15) is 0 Å². The van der Waals surface area contributed by atoms with Crippen LogP contribution >= 0.6 is 0 Å². The molecule has 0 fully saturated rings. The van der Waals surface area contributed by atoms with Gasteiger partial charge in [-0.15, -0.1) is 0 Å². The van der Waals surface area contributed by atoms with Crippen LogP contribution in [0.25, 0.3) is 12.2 Å². The molecule has 0 aliphatic heterocycles. The summed E-state index contributed by atoms with van der Waals surface area (Å²) in [7, 11) is 3.34. The van der Waals surface area contributed by atoms with Crippen molar-refractivity contribution in [3.8, 4) is 11.5 Å². The lowest BCUT2D eigenvalue weighted by Gasteiger charge is -2.14. The second-order valence-corrected chi connectivity index (χ2v) is 5.34. The first-order valence-electron chi connectivity index (χ1n) is 7.37. The average molecular weight is 297 g/mol. The highest BCUT2D eigenvalue weighted by atomic mass is 16.5. The molecule has 1 unspecified atom stereocenters. The van der Waals surface area contributed by atoms with Gasteiger partial charge in [-0.1, -0.05) is 36.4 Å². The molecule has 0 aliphatic carbocycles. The standard InChI is InChI=1S/C19H23NO2/c1-14(20)11-16-12-18(21-2)17(19(13-16)22-3)10-9-15-7-5-4-6-8-15/h4-10,12-14H,11,20H2,1-3H3/b10-9+. The fourth-order valence-electron chi connectivity index (χ4n) is 2.39. The van der Waals surface area contributed by atoms with Gasteiger partial charge in [0.05, 0.1) is 19.8 Å². The number of methoxy groups -OCH3 is 2. The lowest BCUT2D eigenvalue weighted by molar-refractivity contribution is 0.391. The molecule has 2 aromatic carbocycles. The summed E-state index contributed by atoms with van der Waals surface area (Å²) >= 11 is 0. The van der Waals surface area contributed by atoms with Crippen molar-refractivity contribution in [2.45, 2.75) is 19.4 Å². The minimum atomic E-state index is 0.0973. The molecule has 0 saturated heterocycles. The Morgan fingerprint density at radius 2 is 1.59 bits per heavy atom. The number of hydrogen-bond acceptors (Lipinski definition) is 3. The lowest BCUT2D eigenvalue weighted by Crippen LogP contribution is -2.17. The maximum Gasteiger partial charge on any atom is 0.130 e. The number of ether oxygens (including phenoxy) is 2. The molecule has 0 amide bonds. The van der Waals surface area contributed by atoms with Gasteiger partial charge in [0.1, 0.15) is 11.5 Å². The van der Waals surface area contributed by atoms with Crippen LogP contribution in [0.5, 0.6) is 11.5 Å². The van der Waals surface area contributed by atoms with E-state index in [1.54, 1.807) is 14.2 Å². The predicted molar refractivity (Wildman–Crippen MR) is 92.3 cm³/mol. The second-order valence-electron chi connectivity index (χ2n) is 5.34. The molecule has 2 aromatic rings. The van der Waals surface area contributed by atoms with Gasteiger partial charge >= 0.3 is 0 Å². The average Bonchev–Trinajstić information content (AvgIpc) is 2.53. The zero-order valence-electron chi connectivity index (χ0n) is 13.4. The largest absolute Gasteiger partial charge is 0.496 e. The van der Waals surface area contributed by atoms with Crippen LogP contribution in [0, 0.1) is 0 Å². The van der Waals surface area contributed by atoms with E-state index in [0.29, 0.717) is 0 Å². The molecule has 3 nitrogen and oxygen atoms in total. The highest BCUT2D eigenvalue weighted by Crippen LogP contribution is 2.32. The van der Waals surface area contributed by atoms with Gasteiger partial charge in [0.25, 0.3) is 0 Å². The highest BCUT2D eigenvalue weighted by molar-refractivity contribution is 5.76. The fourth-order valence-corrected chi connectivity index (χ4v) is 2.39. The molecule has 2 rings (SSSR count). The molecule has 116 valence electrons. The molecule has 0 spiro atoms. The Morgan fingerprint density at radius 1 is 1.00 bits per heavy atom. The monoisotopic (exact) mass is 297 g/mol. The third-order valence-corrected chi connectivity index (χ3v) is 3.40. The van der Waals surface area contributed by atoms with Crippen LogP contribution in [0.3, 0.4) is 0 Å². The molecule has 1 atom stereocenters. The van der Waals surface area contributed by atoms with E-state index in [-0.39, 0.29) is 6.04 Å². The summed E-state index contributed by atoms with van der Waals surface area (Å²) in [5, 5.41) is 0. The van der Waals surface area contributed by atoms with Crippen LogP contribution in [-0.4, -0.2) is 20.3 Å². The molecule has 2 N–H and O–H groups in total. The molecular weight excluding hydrogens is 274 g/mol. The fraction of sp³-hybridized carbons (Fsp3) is 0.263. The first-order chi connectivity index (χ1) is 10.6. The summed E-state index contributed by atoms with van der Waals surface area (Å²) in [5.74, 6) is 1.59. The lowest BCUT2D eigenvalue weighted by atomic mass is 10.0. The number of nitrogens with two attached hydrogens (primary N) is 1. The summed E-state index contributed by atoms with van der Waals surface area (Å²) < 4.78 is 11.1. The third-order valence-electron chi connectivity index (χ3n) is 3.40. The van der Waals surface area contributed by atoms with Gasteiger partial charge in [0.2, 0.25) is 0 Å². The van der Waals surface area contributed by atoms with Crippen LogP contribution in [-0.2, 0) is 6.42 Å². The van der Waals surface area contributed by atoms with E-state index in [1.165, 1.54) is 0 Å². The summed E-state index contributed by atoms with van der Waals surface area (Å²) in [6, 6.07) is 14.3. The Labute approximate surface area is 132 Å². The number of hydrogen-bond donors (Lipinski definition) is 1. The molecule has 0 aliphatic rings. The minimum absolute atomic E-state index is 0.0973. The zero-order valence-corrected chi connectivity index (χ0v) is 13.4. The van der Waals surface area contributed by atoms with Crippen LogP contribution in [0.2, 0.25) is 0 Å². The van der Waals surface area contributed by atoms with Gasteiger partial charge < -0.3 is 15.2 Å². The van der Waals surface area contributed by atoms with E-state index in [4.69, 9.17) is 15.2 Å². The Balaban J connectivity index is 2.39. The normalized spacial score (nSPS) is 12.4. The van der Waals surface area contributed by atoms with E-state index in [2.05, 4.69) is 12.1 Å². The molecule has 0 bridgehead atoms. The van der Waals surface area contributed by atoms with E-state index in [1.807, 2.05) is 49.4 Å². The molecule has 0 aromatic heterocycles. The van der Waals surface area contributed by atoms with E-state index < -0.39 is 0 Å². The molecular formula is C19H23NO2.